The van der Waals surface area contributed by atoms with Crippen LogP contribution in [0.5, 0.6) is 5.75 Å². The number of nitriles is 1. The molecule has 0 aliphatic carbocycles. The van der Waals surface area contributed by atoms with Crippen molar-refractivity contribution in [2.75, 3.05) is 13.7 Å². The van der Waals surface area contributed by atoms with Crippen LogP contribution in [0.4, 0.5) is 4.39 Å². The summed E-state index contributed by atoms with van der Waals surface area (Å²) in [5, 5.41) is 12.1. The van der Waals surface area contributed by atoms with E-state index in [9.17, 15) is 14.4 Å². The van der Waals surface area contributed by atoms with Gasteiger partial charge in [0.2, 0.25) is 0 Å². The summed E-state index contributed by atoms with van der Waals surface area (Å²) in [5.74, 6) is -0.652. The molecule has 1 amide bonds. The number of benzene rings is 1. The number of hydrogen-bond acceptors (Lipinski definition) is 5. The van der Waals surface area contributed by atoms with Crippen LogP contribution in [0.25, 0.3) is 0 Å². The number of aromatic nitrogens is 1. The molecule has 2 heterocycles. The molecule has 0 bridgehead atoms. The van der Waals surface area contributed by atoms with Crippen molar-refractivity contribution in [3.05, 3.63) is 45.7 Å². The average Bonchev–Trinajstić information content (AvgIpc) is 3.13. The maximum atomic E-state index is 14.1. The first-order valence-corrected chi connectivity index (χ1v) is 7.50. The smallest absolute Gasteiger partial charge is 0.259 e. The van der Waals surface area contributed by atoms with E-state index >= 15 is 0 Å². The normalized spacial score (nSPS) is 16.5. The molecule has 1 aromatic carbocycles. The van der Waals surface area contributed by atoms with Crippen molar-refractivity contribution in [2.45, 2.75) is 12.5 Å². The number of ether oxygens (including phenoxy) is 1. The second kappa shape index (κ2) is 5.73. The van der Waals surface area contributed by atoms with E-state index in [4.69, 9.17) is 4.74 Å². The van der Waals surface area contributed by atoms with Crippen LogP contribution < -0.4 is 4.74 Å². The van der Waals surface area contributed by atoms with Crippen molar-refractivity contribution in [3.8, 4) is 11.8 Å². The van der Waals surface area contributed by atoms with Crippen LogP contribution in [0.15, 0.2) is 23.7 Å². The highest BCUT2D eigenvalue weighted by molar-refractivity contribution is 7.09. The fraction of sp³-hybridized carbons (Fsp3) is 0.267. The molecular formula is C15H12FN3O2S. The highest BCUT2D eigenvalue weighted by Crippen LogP contribution is 2.39. The summed E-state index contributed by atoms with van der Waals surface area (Å²) in [4.78, 5) is 18.1. The molecule has 112 valence electrons. The number of thiazole rings is 1. The molecule has 1 unspecified atom stereocenters. The maximum absolute atomic E-state index is 14.1. The van der Waals surface area contributed by atoms with Gasteiger partial charge >= 0.3 is 0 Å². The molecule has 22 heavy (non-hydrogen) atoms. The van der Waals surface area contributed by atoms with Crippen LogP contribution in [-0.4, -0.2) is 29.4 Å². The molecule has 3 rings (SSSR count). The lowest BCUT2D eigenvalue weighted by atomic mass is 10.0. The van der Waals surface area contributed by atoms with Crippen molar-refractivity contribution < 1.29 is 13.9 Å². The second-order valence-corrected chi connectivity index (χ2v) is 5.72. The zero-order valence-corrected chi connectivity index (χ0v) is 12.6. The molecule has 7 heteroatoms. The Balaban J connectivity index is 1.95. The van der Waals surface area contributed by atoms with Crippen LogP contribution in [0, 0.1) is 17.1 Å². The van der Waals surface area contributed by atoms with Crippen LogP contribution in [0.1, 0.15) is 27.0 Å². The monoisotopic (exact) mass is 317 g/mol. The number of amides is 1. The van der Waals surface area contributed by atoms with Gasteiger partial charge in [0.25, 0.3) is 5.91 Å². The van der Waals surface area contributed by atoms with Gasteiger partial charge in [-0.2, -0.15) is 5.26 Å². The fourth-order valence-electron chi connectivity index (χ4n) is 2.61. The number of hydrogen-bond donors (Lipinski definition) is 0. The standard InChI is InChI=1S/C15H12FN3O2S/c1-21-11-3-2-9(16)13-10(8-17)19(15(20)14(11)13)6-4-12-18-5-7-22-12/h2-3,5,7,10H,4,6H2,1H3. The van der Waals surface area contributed by atoms with Crippen molar-refractivity contribution in [1.82, 2.24) is 9.88 Å². The lowest BCUT2D eigenvalue weighted by Crippen LogP contribution is -2.29. The largest absolute Gasteiger partial charge is 0.496 e. The van der Waals surface area contributed by atoms with Gasteiger partial charge in [-0.1, -0.05) is 0 Å². The van der Waals surface area contributed by atoms with Crippen LogP contribution in [0.2, 0.25) is 0 Å². The third-order valence-electron chi connectivity index (χ3n) is 3.61. The van der Waals surface area contributed by atoms with E-state index in [2.05, 4.69) is 4.98 Å². The minimum atomic E-state index is -0.933. The predicted octanol–water partition coefficient (Wildman–Crippen LogP) is 2.55. The van der Waals surface area contributed by atoms with E-state index in [0.29, 0.717) is 18.7 Å². The van der Waals surface area contributed by atoms with E-state index in [1.807, 2.05) is 11.4 Å². The van der Waals surface area contributed by atoms with E-state index in [-0.39, 0.29) is 17.0 Å². The van der Waals surface area contributed by atoms with Crippen molar-refractivity contribution in [3.63, 3.8) is 0 Å². The SMILES string of the molecule is COc1ccc(F)c2c1C(=O)N(CCc1nccs1)C2C#N. The zero-order valence-electron chi connectivity index (χ0n) is 11.7. The minimum Gasteiger partial charge on any atom is -0.496 e. The summed E-state index contributed by atoms with van der Waals surface area (Å²) in [7, 11) is 1.42. The van der Waals surface area contributed by atoms with Crippen LogP contribution in [-0.2, 0) is 6.42 Å². The molecule has 1 aliphatic rings. The summed E-state index contributed by atoms with van der Waals surface area (Å²) in [6.45, 7) is 0.307. The summed E-state index contributed by atoms with van der Waals surface area (Å²) in [6.07, 6.45) is 2.21. The summed E-state index contributed by atoms with van der Waals surface area (Å²) in [5.41, 5.74) is 0.249. The molecule has 5 nitrogen and oxygen atoms in total. The Labute approximate surface area is 130 Å². The predicted molar refractivity (Wildman–Crippen MR) is 78.2 cm³/mol. The molecule has 0 saturated heterocycles. The van der Waals surface area contributed by atoms with Gasteiger partial charge in [0, 0.05) is 30.1 Å². The number of carbonyl (C=O) groups is 1. The Morgan fingerprint density at radius 3 is 3.00 bits per heavy atom. The van der Waals surface area contributed by atoms with Gasteiger partial charge in [-0.3, -0.25) is 4.79 Å². The van der Waals surface area contributed by atoms with Gasteiger partial charge in [0.15, 0.2) is 0 Å². The van der Waals surface area contributed by atoms with Gasteiger partial charge in [-0.05, 0) is 12.1 Å². The first-order chi connectivity index (χ1) is 10.7. The Kier molecular flexibility index (Phi) is 3.77. The molecule has 1 aliphatic heterocycles. The van der Waals surface area contributed by atoms with Gasteiger partial charge < -0.3 is 9.64 Å². The number of rotatable bonds is 4. The molecule has 1 aromatic heterocycles. The van der Waals surface area contributed by atoms with Crippen LogP contribution in [0.3, 0.4) is 0 Å². The molecule has 1 atom stereocenters. The molecule has 0 fully saturated rings. The van der Waals surface area contributed by atoms with E-state index in [1.54, 1.807) is 6.20 Å². The first kappa shape index (κ1) is 14.5. The quantitative estimate of drug-likeness (QED) is 0.869. The van der Waals surface area contributed by atoms with E-state index < -0.39 is 11.9 Å². The number of fused-ring (bicyclic) bond motifs is 1. The summed E-state index contributed by atoms with van der Waals surface area (Å²) < 4.78 is 19.2. The Bertz CT molecular complexity index is 755. The van der Waals surface area contributed by atoms with E-state index in [0.717, 1.165) is 5.01 Å². The third kappa shape index (κ3) is 2.22. The molecule has 2 aromatic rings. The van der Waals surface area contributed by atoms with E-state index in [1.165, 1.54) is 35.5 Å². The van der Waals surface area contributed by atoms with Gasteiger partial charge in [-0.25, -0.2) is 9.37 Å². The Morgan fingerprint density at radius 2 is 2.36 bits per heavy atom. The van der Waals surface area contributed by atoms with Crippen molar-refractivity contribution in [1.29, 1.82) is 5.26 Å². The first-order valence-electron chi connectivity index (χ1n) is 6.62. The third-order valence-corrected chi connectivity index (χ3v) is 4.45. The lowest BCUT2D eigenvalue weighted by molar-refractivity contribution is 0.0757. The number of carbonyl (C=O) groups excluding carboxylic acids is 1. The average molecular weight is 317 g/mol. The summed E-state index contributed by atoms with van der Waals surface area (Å²) in [6, 6.07) is 3.71. The minimum absolute atomic E-state index is 0.103. The van der Waals surface area contributed by atoms with Gasteiger partial charge in [-0.15, -0.1) is 11.3 Å². The zero-order chi connectivity index (χ0) is 15.7. The molecule has 0 N–H and O–H groups in total. The van der Waals surface area contributed by atoms with Gasteiger partial charge in [0.1, 0.15) is 17.6 Å². The summed E-state index contributed by atoms with van der Waals surface area (Å²) >= 11 is 1.48. The lowest BCUT2D eigenvalue weighted by Gasteiger charge is -2.19. The molecule has 0 saturated carbocycles. The number of nitrogens with zero attached hydrogens (tertiary/aromatic N) is 3. The number of methoxy groups -OCH3 is 1. The topological polar surface area (TPSA) is 66.2 Å². The highest BCUT2D eigenvalue weighted by Gasteiger charge is 2.41. The second-order valence-electron chi connectivity index (χ2n) is 4.74. The van der Waals surface area contributed by atoms with Crippen molar-refractivity contribution >= 4 is 17.2 Å². The molecule has 0 spiro atoms. The Hall–Kier alpha value is -2.46. The molecular weight excluding hydrogens is 305 g/mol. The molecule has 0 radical (unpaired) electrons. The van der Waals surface area contributed by atoms with Crippen LogP contribution >= 0.6 is 11.3 Å². The maximum Gasteiger partial charge on any atom is 0.259 e. The fourth-order valence-corrected chi connectivity index (χ4v) is 3.22. The van der Waals surface area contributed by atoms with Crippen molar-refractivity contribution in [2.24, 2.45) is 0 Å². The van der Waals surface area contributed by atoms with Gasteiger partial charge in [0.05, 0.1) is 23.8 Å². The Morgan fingerprint density at radius 1 is 1.55 bits per heavy atom. The highest BCUT2D eigenvalue weighted by atomic mass is 32.1. The number of halogens is 1.